The van der Waals surface area contributed by atoms with Gasteiger partial charge < -0.3 is 4.74 Å². The zero-order valence-corrected chi connectivity index (χ0v) is 8.43. The molecule has 1 aromatic rings. The first-order valence-corrected chi connectivity index (χ1v) is 5.07. The third-order valence-electron chi connectivity index (χ3n) is 1.45. The normalized spacial score (nSPS) is 8.86. The number of thioether (sulfide) groups is 1. The summed E-state index contributed by atoms with van der Waals surface area (Å²) in [5.74, 6) is 0.507. The van der Waals surface area contributed by atoms with Crippen molar-refractivity contribution in [2.75, 3.05) is 6.26 Å². The largest absolute Gasteiger partial charge is 0.424 e. The molecule has 0 unspecified atom stereocenters. The van der Waals surface area contributed by atoms with Gasteiger partial charge in [-0.05, 0) is 18.4 Å². The summed E-state index contributed by atoms with van der Waals surface area (Å²) < 4.78 is 4.96. The van der Waals surface area contributed by atoms with E-state index in [4.69, 9.17) is 11.2 Å². The number of carbonyl (C=O) groups excluding carboxylic acids is 1. The van der Waals surface area contributed by atoms with Gasteiger partial charge in [-0.25, -0.2) is 10.1 Å². The first kappa shape index (κ1) is 10.5. The molecule has 1 N–H and O–H groups in total. The van der Waals surface area contributed by atoms with Gasteiger partial charge in [0.05, 0.1) is 0 Å². The molecule has 0 atom stereocenters. The lowest BCUT2D eigenvalue weighted by molar-refractivity contribution is 0.204. The molecule has 1 amide bonds. The number of ether oxygens (including phenoxy) is 1. The van der Waals surface area contributed by atoms with Crippen LogP contribution in [0.2, 0.25) is 0 Å². The van der Waals surface area contributed by atoms with E-state index in [9.17, 15) is 4.79 Å². The summed E-state index contributed by atoms with van der Waals surface area (Å²) in [6.07, 6.45) is 6.15. The third-order valence-corrected chi connectivity index (χ3v) is 2.22. The molecule has 0 aliphatic carbocycles. The monoisotopic (exact) mass is 207 g/mol. The van der Waals surface area contributed by atoms with Crippen molar-refractivity contribution in [3.05, 3.63) is 24.3 Å². The summed E-state index contributed by atoms with van der Waals surface area (Å²) in [7, 11) is 0. The standard InChI is InChI=1S/C10H9NO2S/c1-3-11-10(12)13-8-6-4-5-7-9(8)14-2/h1,4-7H,2H3,(H,11,12). The topological polar surface area (TPSA) is 38.3 Å². The maximum absolute atomic E-state index is 11.0. The number of hydrogen-bond acceptors (Lipinski definition) is 3. The molecule has 0 saturated carbocycles. The van der Waals surface area contributed by atoms with Gasteiger partial charge in [-0.3, -0.25) is 0 Å². The molecular formula is C10H9NO2S. The van der Waals surface area contributed by atoms with Crippen LogP contribution >= 0.6 is 11.8 Å². The minimum atomic E-state index is -0.644. The number of nitrogens with one attached hydrogen (secondary N) is 1. The highest BCUT2D eigenvalue weighted by molar-refractivity contribution is 7.98. The van der Waals surface area contributed by atoms with Gasteiger partial charge >= 0.3 is 6.09 Å². The second-order valence-electron chi connectivity index (χ2n) is 2.31. The lowest BCUT2D eigenvalue weighted by Gasteiger charge is -2.06. The van der Waals surface area contributed by atoms with Crippen LogP contribution in [0, 0.1) is 12.5 Å². The lowest BCUT2D eigenvalue weighted by atomic mass is 10.3. The van der Waals surface area contributed by atoms with Crippen LogP contribution in [0.4, 0.5) is 4.79 Å². The number of carbonyl (C=O) groups is 1. The molecule has 0 saturated heterocycles. The van der Waals surface area contributed by atoms with Gasteiger partial charge in [-0.1, -0.05) is 18.6 Å². The number of rotatable bonds is 2. The summed E-state index contributed by atoms with van der Waals surface area (Å²) in [5, 5.41) is 2.10. The van der Waals surface area contributed by atoms with Crippen molar-refractivity contribution >= 4 is 17.9 Å². The van der Waals surface area contributed by atoms with Crippen molar-refractivity contribution in [2.24, 2.45) is 0 Å². The second kappa shape index (κ2) is 5.20. The minimum absolute atomic E-state index is 0.507. The third kappa shape index (κ3) is 2.71. The Balaban J connectivity index is 2.76. The highest BCUT2D eigenvalue weighted by Gasteiger charge is 2.05. The summed E-state index contributed by atoms with van der Waals surface area (Å²) in [6.45, 7) is 0. The van der Waals surface area contributed by atoms with Crippen LogP contribution < -0.4 is 10.1 Å². The van der Waals surface area contributed by atoms with Gasteiger partial charge in [0.2, 0.25) is 0 Å². The molecule has 0 heterocycles. The van der Waals surface area contributed by atoms with Gasteiger partial charge in [0, 0.05) is 10.9 Å². The average molecular weight is 207 g/mol. The van der Waals surface area contributed by atoms with Gasteiger partial charge in [0.1, 0.15) is 5.75 Å². The fourth-order valence-electron chi connectivity index (χ4n) is 0.887. The Bertz CT molecular complexity index is 371. The molecule has 0 spiro atoms. The maximum Gasteiger partial charge on any atom is 0.424 e. The Hall–Kier alpha value is -1.60. The quantitative estimate of drug-likeness (QED) is 0.458. The van der Waals surface area contributed by atoms with Crippen molar-refractivity contribution in [2.45, 2.75) is 4.90 Å². The Kier molecular flexibility index (Phi) is 3.89. The smallest absolute Gasteiger partial charge is 0.408 e. The van der Waals surface area contributed by atoms with Crippen molar-refractivity contribution in [1.29, 1.82) is 0 Å². The molecule has 0 bridgehead atoms. The predicted octanol–water partition coefficient (Wildman–Crippen LogP) is 2.09. The molecule has 0 fully saturated rings. The Morgan fingerprint density at radius 2 is 2.29 bits per heavy atom. The zero-order chi connectivity index (χ0) is 10.4. The molecule has 1 rings (SSSR count). The van der Waals surface area contributed by atoms with E-state index in [1.165, 1.54) is 11.8 Å². The van der Waals surface area contributed by atoms with Crippen LogP contribution in [0.5, 0.6) is 5.75 Å². The van der Waals surface area contributed by atoms with Crippen LogP contribution in [0.15, 0.2) is 29.2 Å². The molecular weight excluding hydrogens is 198 g/mol. The number of benzene rings is 1. The Morgan fingerprint density at radius 3 is 2.93 bits per heavy atom. The minimum Gasteiger partial charge on any atom is -0.408 e. The van der Waals surface area contributed by atoms with Crippen LogP contribution in [-0.4, -0.2) is 12.3 Å². The van der Waals surface area contributed by atoms with Gasteiger partial charge in [-0.15, -0.1) is 11.8 Å². The molecule has 0 aliphatic heterocycles. The van der Waals surface area contributed by atoms with E-state index in [1.807, 2.05) is 24.4 Å². The van der Waals surface area contributed by atoms with E-state index in [2.05, 4.69) is 5.32 Å². The number of hydrogen-bond donors (Lipinski definition) is 1. The zero-order valence-electron chi connectivity index (χ0n) is 7.61. The first-order chi connectivity index (χ1) is 6.77. The molecule has 1 aromatic carbocycles. The van der Waals surface area contributed by atoms with Crippen molar-refractivity contribution < 1.29 is 9.53 Å². The summed E-state index contributed by atoms with van der Waals surface area (Å²) in [6, 6.07) is 9.23. The van der Waals surface area contributed by atoms with E-state index in [0.717, 1.165) is 4.90 Å². The molecule has 0 aromatic heterocycles. The van der Waals surface area contributed by atoms with Gasteiger partial charge in [0.15, 0.2) is 0 Å². The van der Waals surface area contributed by atoms with Gasteiger partial charge in [0.25, 0.3) is 0 Å². The molecule has 14 heavy (non-hydrogen) atoms. The van der Waals surface area contributed by atoms with E-state index in [1.54, 1.807) is 12.1 Å². The highest BCUT2D eigenvalue weighted by atomic mass is 32.2. The van der Waals surface area contributed by atoms with Crippen LogP contribution in [-0.2, 0) is 0 Å². The van der Waals surface area contributed by atoms with Crippen LogP contribution in [0.25, 0.3) is 0 Å². The van der Waals surface area contributed by atoms with Crippen molar-refractivity contribution in [1.82, 2.24) is 5.32 Å². The molecule has 72 valence electrons. The van der Waals surface area contributed by atoms with E-state index >= 15 is 0 Å². The van der Waals surface area contributed by atoms with E-state index < -0.39 is 6.09 Å². The van der Waals surface area contributed by atoms with Crippen LogP contribution in [0.3, 0.4) is 0 Å². The highest BCUT2D eigenvalue weighted by Crippen LogP contribution is 2.26. The number of amides is 1. The SMILES string of the molecule is C#CNC(=O)Oc1ccccc1SC. The molecule has 0 radical (unpaired) electrons. The summed E-state index contributed by atoms with van der Waals surface area (Å²) >= 11 is 1.50. The Morgan fingerprint density at radius 1 is 1.57 bits per heavy atom. The number of para-hydroxylation sites is 1. The summed E-state index contributed by atoms with van der Waals surface area (Å²) in [4.78, 5) is 11.9. The van der Waals surface area contributed by atoms with E-state index in [-0.39, 0.29) is 0 Å². The lowest BCUT2D eigenvalue weighted by Crippen LogP contribution is -2.21. The number of terminal acetylenes is 1. The Labute approximate surface area is 86.8 Å². The molecule has 0 aliphatic rings. The summed E-state index contributed by atoms with van der Waals surface area (Å²) in [5.41, 5.74) is 0. The predicted molar refractivity (Wildman–Crippen MR) is 56.2 cm³/mol. The van der Waals surface area contributed by atoms with Crippen LogP contribution in [0.1, 0.15) is 0 Å². The average Bonchev–Trinajstić information content (AvgIpc) is 2.19. The van der Waals surface area contributed by atoms with Gasteiger partial charge in [-0.2, -0.15) is 0 Å². The molecule has 3 nitrogen and oxygen atoms in total. The van der Waals surface area contributed by atoms with E-state index in [0.29, 0.717) is 5.75 Å². The first-order valence-electron chi connectivity index (χ1n) is 3.84. The fourth-order valence-corrected chi connectivity index (χ4v) is 1.41. The second-order valence-corrected chi connectivity index (χ2v) is 3.16. The maximum atomic E-state index is 11.0. The fraction of sp³-hybridized carbons (Fsp3) is 0.100. The van der Waals surface area contributed by atoms with Crippen molar-refractivity contribution in [3.8, 4) is 18.2 Å². The molecule has 4 heteroatoms. The van der Waals surface area contributed by atoms with Crippen molar-refractivity contribution in [3.63, 3.8) is 0 Å².